The molecule has 0 aliphatic rings. The van der Waals surface area contributed by atoms with Crippen molar-refractivity contribution in [3.8, 4) is 5.75 Å². The normalized spacial score (nSPS) is 10.1. The predicted octanol–water partition coefficient (Wildman–Crippen LogP) is 1.69. The van der Waals surface area contributed by atoms with Gasteiger partial charge in [0.1, 0.15) is 11.3 Å². The fourth-order valence-corrected chi connectivity index (χ4v) is 1.63. The summed E-state index contributed by atoms with van der Waals surface area (Å²) in [5, 5.41) is 5.43. The molecule has 0 saturated carbocycles. The second-order valence-corrected chi connectivity index (χ2v) is 4.51. The molecule has 1 rings (SSSR count). The smallest absolute Gasteiger partial charge is 0.341 e. The van der Waals surface area contributed by atoms with E-state index in [4.69, 9.17) is 9.47 Å². The molecule has 0 bridgehead atoms. The van der Waals surface area contributed by atoms with Gasteiger partial charge in [0.2, 0.25) is 0 Å². The number of esters is 1. The van der Waals surface area contributed by atoms with Crippen LogP contribution in [-0.4, -0.2) is 32.3 Å². The van der Waals surface area contributed by atoms with Crippen LogP contribution in [0.4, 0.5) is 4.79 Å². The fourth-order valence-electron chi connectivity index (χ4n) is 1.63. The SMILES string of the molecule is COC(=O)c1cc(CNC(=O)NC(C)C)ccc1OC. The molecule has 6 heteroatoms. The molecule has 1 aromatic rings. The zero-order chi connectivity index (χ0) is 15.1. The largest absolute Gasteiger partial charge is 0.496 e. The molecule has 0 heterocycles. The van der Waals surface area contributed by atoms with Crippen molar-refractivity contribution in [2.24, 2.45) is 0 Å². The maximum absolute atomic E-state index is 11.6. The Balaban J connectivity index is 2.77. The van der Waals surface area contributed by atoms with Crippen molar-refractivity contribution >= 4 is 12.0 Å². The van der Waals surface area contributed by atoms with Crippen molar-refractivity contribution in [1.82, 2.24) is 10.6 Å². The van der Waals surface area contributed by atoms with Crippen LogP contribution in [0.3, 0.4) is 0 Å². The molecular formula is C14H20N2O4. The van der Waals surface area contributed by atoms with Crippen molar-refractivity contribution < 1.29 is 19.1 Å². The molecule has 0 atom stereocenters. The summed E-state index contributed by atoms with van der Waals surface area (Å²) < 4.78 is 9.79. The van der Waals surface area contributed by atoms with E-state index >= 15 is 0 Å². The number of hydrogen-bond donors (Lipinski definition) is 2. The highest BCUT2D eigenvalue weighted by atomic mass is 16.5. The standard InChI is InChI=1S/C14H20N2O4/c1-9(2)16-14(18)15-8-10-5-6-12(19-3)11(7-10)13(17)20-4/h5-7,9H,8H2,1-4H3,(H2,15,16,18). The van der Waals surface area contributed by atoms with Crippen LogP contribution in [0, 0.1) is 0 Å². The van der Waals surface area contributed by atoms with Gasteiger partial charge in [-0.25, -0.2) is 9.59 Å². The average molecular weight is 280 g/mol. The molecule has 0 fully saturated rings. The number of urea groups is 1. The van der Waals surface area contributed by atoms with E-state index in [-0.39, 0.29) is 12.1 Å². The Bertz CT molecular complexity index is 486. The van der Waals surface area contributed by atoms with Crippen molar-refractivity contribution in [1.29, 1.82) is 0 Å². The lowest BCUT2D eigenvalue weighted by Crippen LogP contribution is -2.39. The first kappa shape index (κ1) is 15.8. The van der Waals surface area contributed by atoms with Gasteiger partial charge in [0.05, 0.1) is 14.2 Å². The molecule has 0 aliphatic carbocycles. The minimum absolute atomic E-state index is 0.0662. The maximum atomic E-state index is 11.6. The second kappa shape index (κ2) is 7.37. The number of carbonyl (C=O) groups is 2. The van der Waals surface area contributed by atoms with Crippen LogP contribution in [0.15, 0.2) is 18.2 Å². The van der Waals surface area contributed by atoms with Gasteiger partial charge in [-0.15, -0.1) is 0 Å². The first-order valence-electron chi connectivity index (χ1n) is 6.27. The van der Waals surface area contributed by atoms with Crippen molar-refractivity contribution in [3.05, 3.63) is 29.3 Å². The van der Waals surface area contributed by atoms with E-state index < -0.39 is 5.97 Å². The quantitative estimate of drug-likeness (QED) is 0.805. The zero-order valence-corrected chi connectivity index (χ0v) is 12.1. The van der Waals surface area contributed by atoms with Gasteiger partial charge in [-0.1, -0.05) is 6.07 Å². The van der Waals surface area contributed by atoms with E-state index in [9.17, 15) is 9.59 Å². The highest BCUT2D eigenvalue weighted by molar-refractivity contribution is 5.92. The van der Waals surface area contributed by atoms with E-state index in [1.165, 1.54) is 14.2 Å². The Morgan fingerprint density at radius 2 is 1.95 bits per heavy atom. The molecule has 6 nitrogen and oxygen atoms in total. The highest BCUT2D eigenvalue weighted by Crippen LogP contribution is 2.20. The van der Waals surface area contributed by atoms with Crippen LogP contribution >= 0.6 is 0 Å². The third-order valence-electron chi connectivity index (χ3n) is 2.54. The number of amides is 2. The molecule has 0 aromatic heterocycles. The molecule has 20 heavy (non-hydrogen) atoms. The van der Waals surface area contributed by atoms with Crippen LogP contribution < -0.4 is 15.4 Å². The van der Waals surface area contributed by atoms with E-state index in [0.29, 0.717) is 17.9 Å². The molecule has 1 aromatic carbocycles. The van der Waals surface area contributed by atoms with Crippen molar-refractivity contribution in [2.75, 3.05) is 14.2 Å². The maximum Gasteiger partial charge on any atom is 0.341 e. The monoisotopic (exact) mass is 280 g/mol. The minimum Gasteiger partial charge on any atom is -0.496 e. The van der Waals surface area contributed by atoms with E-state index in [2.05, 4.69) is 10.6 Å². The lowest BCUT2D eigenvalue weighted by atomic mass is 10.1. The summed E-state index contributed by atoms with van der Waals surface area (Å²) >= 11 is 0. The number of rotatable bonds is 5. The number of ether oxygens (including phenoxy) is 2. The summed E-state index contributed by atoms with van der Waals surface area (Å²) in [5.41, 5.74) is 1.11. The molecule has 2 amide bonds. The van der Waals surface area contributed by atoms with Gasteiger partial charge >= 0.3 is 12.0 Å². The lowest BCUT2D eigenvalue weighted by molar-refractivity contribution is 0.0597. The minimum atomic E-state index is -0.477. The molecule has 110 valence electrons. The average Bonchev–Trinajstić information content (AvgIpc) is 2.43. The summed E-state index contributed by atoms with van der Waals surface area (Å²) in [6.45, 7) is 4.07. The lowest BCUT2D eigenvalue weighted by Gasteiger charge is -2.12. The summed E-state index contributed by atoms with van der Waals surface area (Å²) in [6.07, 6.45) is 0. The number of methoxy groups -OCH3 is 2. The Morgan fingerprint density at radius 3 is 2.50 bits per heavy atom. The fraction of sp³-hybridized carbons (Fsp3) is 0.429. The van der Waals surface area contributed by atoms with Crippen LogP contribution in [0.2, 0.25) is 0 Å². The van der Waals surface area contributed by atoms with Gasteiger partial charge in [-0.05, 0) is 31.5 Å². The Hall–Kier alpha value is -2.24. The molecule has 0 radical (unpaired) electrons. The third kappa shape index (κ3) is 4.46. The van der Waals surface area contributed by atoms with Crippen LogP contribution in [0.5, 0.6) is 5.75 Å². The van der Waals surface area contributed by atoms with Crippen molar-refractivity contribution in [3.63, 3.8) is 0 Å². The summed E-state index contributed by atoms with van der Waals surface area (Å²) in [4.78, 5) is 23.1. The number of hydrogen-bond acceptors (Lipinski definition) is 4. The third-order valence-corrected chi connectivity index (χ3v) is 2.54. The van der Waals surface area contributed by atoms with Gasteiger partial charge in [0.25, 0.3) is 0 Å². The zero-order valence-electron chi connectivity index (χ0n) is 12.1. The summed E-state index contributed by atoms with van der Waals surface area (Å²) in [5.74, 6) is -0.0393. The Morgan fingerprint density at radius 1 is 1.25 bits per heavy atom. The van der Waals surface area contributed by atoms with E-state index in [1.54, 1.807) is 18.2 Å². The number of benzene rings is 1. The van der Waals surface area contributed by atoms with Gasteiger partial charge in [-0.2, -0.15) is 0 Å². The molecule has 0 aliphatic heterocycles. The second-order valence-electron chi connectivity index (χ2n) is 4.51. The van der Waals surface area contributed by atoms with Gasteiger partial charge < -0.3 is 20.1 Å². The van der Waals surface area contributed by atoms with Crippen LogP contribution in [0.25, 0.3) is 0 Å². The van der Waals surface area contributed by atoms with Gasteiger partial charge in [0.15, 0.2) is 0 Å². The van der Waals surface area contributed by atoms with E-state index in [1.807, 2.05) is 13.8 Å². The van der Waals surface area contributed by atoms with Crippen molar-refractivity contribution in [2.45, 2.75) is 26.4 Å². The first-order chi connectivity index (χ1) is 9.47. The molecule has 0 spiro atoms. The first-order valence-corrected chi connectivity index (χ1v) is 6.27. The Labute approximate surface area is 118 Å². The highest BCUT2D eigenvalue weighted by Gasteiger charge is 2.13. The van der Waals surface area contributed by atoms with E-state index in [0.717, 1.165) is 5.56 Å². The molecule has 0 unspecified atom stereocenters. The van der Waals surface area contributed by atoms with Crippen LogP contribution in [0.1, 0.15) is 29.8 Å². The Kier molecular flexibility index (Phi) is 5.83. The number of carbonyl (C=O) groups excluding carboxylic acids is 2. The van der Waals surface area contributed by atoms with Gasteiger partial charge in [-0.3, -0.25) is 0 Å². The summed E-state index contributed by atoms with van der Waals surface area (Å²) in [6, 6.07) is 4.90. The molecule has 0 saturated heterocycles. The molecule has 2 N–H and O–H groups in total. The molecular weight excluding hydrogens is 260 g/mol. The predicted molar refractivity (Wildman–Crippen MR) is 74.8 cm³/mol. The van der Waals surface area contributed by atoms with Crippen LogP contribution in [-0.2, 0) is 11.3 Å². The summed E-state index contributed by atoms with van der Waals surface area (Å²) in [7, 11) is 2.79. The number of nitrogens with one attached hydrogen (secondary N) is 2. The van der Waals surface area contributed by atoms with Gasteiger partial charge in [0, 0.05) is 12.6 Å². The topological polar surface area (TPSA) is 76.7 Å².